The van der Waals surface area contributed by atoms with Crippen LogP contribution in [0.2, 0.25) is 0 Å². The number of fused-ring (bicyclic) bond motifs is 1. The van der Waals surface area contributed by atoms with Gasteiger partial charge in [-0.25, -0.2) is 4.99 Å². The number of aliphatic imine (C=N–C) groups is 1. The SMILES string of the molecule is CC1Oc2ccccc2N=C1N1CCNCC1. The van der Waals surface area contributed by atoms with Gasteiger partial charge in [-0.1, -0.05) is 12.1 Å². The number of benzene rings is 1. The molecule has 0 radical (unpaired) electrons. The number of hydrogen-bond acceptors (Lipinski definition) is 4. The standard InChI is InChI=1S/C13H17N3O/c1-10-13(16-8-6-14-7-9-16)15-11-4-2-3-5-12(11)17-10/h2-5,10,14H,6-9H2,1H3. The highest BCUT2D eigenvalue weighted by Gasteiger charge is 2.25. The summed E-state index contributed by atoms with van der Waals surface area (Å²) >= 11 is 0. The minimum absolute atomic E-state index is 0.0444. The molecule has 1 aromatic rings. The van der Waals surface area contributed by atoms with Crippen LogP contribution in [0.1, 0.15) is 6.92 Å². The first-order chi connectivity index (χ1) is 8.34. The third-order valence-corrected chi connectivity index (χ3v) is 3.21. The number of piperazine rings is 1. The Hall–Kier alpha value is -1.55. The van der Waals surface area contributed by atoms with Crippen LogP contribution in [0.15, 0.2) is 29.3 Å². The Morgan fingerprint density at radius 3 is 2.88 bits per heavy atom. The van der Waals surface area contributed by atoms with Crippen molar-refractivity contribution in [1.29, 1.82) is 0 Å². The predicted molar refractivity (Wildman–Crippen MR) is 68.1 cm³/mol. The van der Waals surface area contributed by atoms with Crippen molar-refractivity contribution in [1.82, 2.24) is 10.2 Å². The van der Waals surface area contributed by atoms with Crippen molar-refractivity contribution in [3.63, 3.8) is 0 Å². The summed E-state index contributed by atoms with van der Waals surface area (Å²) in [6.45, 7) is 6.13. The van der Waals surface area contributed by atoms with Crippen molar-refractivity contribution in [3.8, 4) is 5.75 Å². The Morgan fingerprint density at radius 2 is 2.06 bits per heavy atom. The van der Waals surface area contributed by atoms with E-state index in [2.05, 4.69) is 17.1 Å². The van der Waals surface area contributed by atoms with Gasteiger partial charge in [0.1, 0.15) is 17.3 Å². The van der Waals surface area contributed by atoms with Crippen LogP contribution in [0, 0.1) is 0 Å². The van der Waals surface area contributed by atoms with Crippen LogP contribution in [0.4, 0.5) is 5.69 Å². The van der Waals surface area contributed by atoms with E-state index in [0.29, 0.717) is 0 Å². The van der Waals surface area contributed by atoms with E-state index in [4.69, 9.17) is 9.73 Å². The van der Waals surface area contributed by atoms with Gasteiger partial charge in [0.15, 0.2) is 6.10 Å². The number of ether oxygens (including phenoxy) is 1. The van der Waals surface area contributed by atoms with Crippen LogP contribution in [-0.2, 0) is 0 Å². The molecule has 90 valence electrons. The second-order valence-corrected chi connectivity index (χ2v) is 4.43. The molecule has 2 aliphatic heterocycles. The van der Waals surface area contributed by atoms with Gasteiger partial charge in [0.25, 0.3) is 0 Å². The maximum atomic E-state index is 5.90. The molecule has 1 fully saturated rings. The zero-order valence-corrected chi connectivity index (χ0v) is 10.0. The van der Waals surface area contributed by atoms with Gasteiger partial charge < -0.3 is 15.0 Å². The fourth-order valence-corrected chi connectivity index (χ4v) is 2.33. The predicted octanol–water partition coefficient (Wildman–Crippen LogP) is 1.40. The minimum atomic E-state index is 0.0444. The first kappa shape index (κ1) is 10.6. The Bertz CT molecular complexity index is 438. The zero-order valence-electron chi connectivity index (χ0n) is 10.0. The summed E-state index contributed by atoms with van der Waals surface area (Å²) in [7, 11) is 0. The average Bonchev–Trinajstić information content (AvgIpc) is 2.39. The van der Waals surface area contributed by atoms with Gasteiger partial charge in [-0.3, -0.25) is 0 Å². The van der Waals surface area contributed by atoms with E-state index in [-0.39, 0.29) is 6.10 Å². The summed E-state index contributed by atoms with van der Waals surface area (Å²) in [6, 6.07) is 7.96. The summed E-state index contributed by atoms with van der Waals surface area (Å²) in [5, 5.41) is 3.35. The van der Waals surface area contributed by atoms with Crippen molar-refractivity contribution in [2.45, 2.75) is 13.0 Å². The van der Waals surface area contributed by atoms with E-state index in [1.165, 1.54) is 0 Å². The van der Waals surface area contributed by atoms with Crippen molar-refractivity contribution in [3.05, 3.63) is 24.3 Å². The third-order valence-electron chi connectivity index (χ3n) is 3.21. The molecule has 0 saturated carbocycles. The topological polar surface area (TPSA) is 36.9 Å². The molecule has 0 aromatic heterocycles. The molecule has 2 aliphatic rings. The van der Waals surface area contributed by atoms with E-state index in [9.17, 15) is 0 Å². The number of nitrogens with one attached hydrogen (secondary N) is 1. The van der Waals surface area contributed by atoms with Crippen molar-refractivity contribution in [2.24, 2.45) is 4.99 Å². The van der Waals surface area contributed by atoms with Crippen LogP contribution in [0.25, 0.3) is 0 Å². The lowest BCUT2D eigenvalue weighted by molar-refractivity contribution is 0.245. The highest BCUT2D eigenvalue weighted by molar-refractivity contribution is 5.91. The number of rotatable bonds is 0. The van der Waals surface area contributed by atoms with Crippen LogP contribution in [0.3, 0.4) is 0 Å². The van der Waals surface area contributed by atoms with E-state index in [0.717, 1.165) is 43.5 Å². The smallest absolute Gasteiger partial charge is 0.153 e. The molecule has 0 aliphatic carbocycles. The first-order valence-corrected chi connectivity index (χ1v) is 6.14. The van der Waals surface area contributed by atoms with Crippen molar-refractivity contribution >= 4 is 11.5 Å². The molecule has 0 spiro atoms. The number of para-hydroxylation sites is 2. The highest BCUT2D eigenvalue weighted by atomic mass is 16.5. The summed E-state index contributed by atoms with van der Waals surface area (Å²) in [4.78, 5) is 7.06. The quantitative estimate of drug-likeness (QED) is 0.733. The molecule has 2 heterocycles. The van der Waals surface area contributed by atoms with Gasteiger partial charge in [-0.2, -0.15) is 0 Å². The van der Waals surface area contributed by atoms with Gasteiger partial charge in [0.05, 0.1) is 0 Å². The van der Waals surface area contributed by atoms with Crippen molar-refractivity contribution < 1.29 is 4.74 Å². The second-order valence-electron chi connectivity index (χ2n) is 4.43. The first-order valence-electron chi connectivity index (χ1n) is 6.14. The molecule has 17 heavy (non-hydrogen) atoms. The number of hydrogen-bond donors (Lipinski definition) is 1. The molecular formula is C13H17N3O. The summed E-state index contributed by atoms with van der Waals surface area (Å²) in [5.74, 6) is 1.95. The molecule has 1 N–H and O–H groups in total. The summed E-state index contributed by atoms with van der Waals surface area (Å²) in [5.41, 5.74) is 0.944. The molecule has 1 unspecified atom stereocenters. The Balaban J connectivity index is 1.91. The lowest BCUT2D eigenvalue weighted by Crippen LogP contribution is -2.50. The fraction of sp³-hybridized carbons (Fsp3) is 0.462. The summed E-state index contributed by atoms with van der Waals surface area (Å²) in [6.07, 6.45) is 0.0444. The Labute approximate surface area is 101 Å². The van der Waals surface area contributed by atoms with Gasteiger partial charge in [0, 0.05) is 26.2 Å². The molecule has 1 atom stereocenters. The molecular weight excluding hydrogens is 214 g/mol. The average molecular weight is 231 g/mol. The Kier molecular flexibility index (Phi) is 2.73. The van der Waals surface area contributed by atoms with Gasteiger partial charge >= 0.3 is 0 Å². The van der Waals surface area contributed by atoms with Gasteiger partial charge in [0.2, 0.25) is 0 Å². The van der Waals surface area contributed by atoms with Crippen LogP contribution in [0.5, 0.6) is 5.75 Å². The molecule has 3 rings (SSSR count). The number of nitrogens with zero attached hydrogens (tertiary/aromatic N) is 2. The van der Waals surface area contributed by atoms with E-state index in [1.54, 1.807) is 0 Å². The normalized spacial score (nSPS) is 23.7. The van der Waals surface area contributed by atoms with Gasteiger partial charge in [-0.15, -0.1) is 0 Å². The van der Waals surface area contributed by atoms with E-state index < -0.39 is 0 Å². The molecule has 0 amide bonds. The maximum absolute atomic E-state index is 5.90. The molecule has 1 saturated heterocycles. The second kappa shape index (κ2) is 4.37. The van der Waals surface area contributed by atoms with E-state index >= 15 is 0 Å². The number of amidine groups is 1. The van der Waals surface area contributed by atoms with Crippen LogP contribution >= 0.6 is 0 Å². The van der Waals surface area contributed by atoms with Crippen LogP contribution < -0.4 is 10.1 Å². The molecule has 0 bridgehead atoms. The molecule has 4 nitrogen and oxygen atoms in total. The monoisotopic (exact) mass is 231 g/mol. The van der Waals surface area contributed by atoms with E-state index in [1.807, 2.05) is 24.3 Å². The zero-order chi connectivity index (χ0) is 11.7. The third kappa shape index (κ3) is 2.00. The largest absolute Gasteiger partial charge is 0.481 e. The van der Waals surface area contributed by atoms with Crippen molar-refractivity contribution in [2.75, 3.05) is 26.2 Å². The lowest BCUT2D eigenvalue weighted by Gasteiger charge is -2.35. The molecule has 1 aromatic carbocycles. The minimum Gasteiger partial charge on any atom is -0.481 e. The summed E-state index contributed by atoms with van der Waals surface area (Å²) < 4.78 is 5.90. The van der Waals surface area contributed by atoms with Gasteiger partial charge in [-0.05, 0) is 19.1 Å². The fourth-order valence-electron chi connectivity index (χ4n) is 2.33. The molecule has 4 heteroatoms. The maximum Gasteiger partial charge on any atom is 0.153 e. The highest BCUT2D eigenvalue weighted by Crippen LogP contribution is 2.32. The Morgan fingerprint density at radius 1 is 1.29 bits per heavy atom. The van der Waals surface area contributed by atoms with Crippen LogP contribution in [-0.4, -0.2) is 43.0 Å². The lowest BCUT2D eigenvalue weighted by atomic mass is 10.2.